The molecule has 0 saturated carbocycles. The van der Waals surface area contributed by atoms with Crippen molar-refractivity contribution in [3.05, 3.63) is 63.9 Å². The van der Waals surface area contributed by atoms with Crippen LogP contribution in [0.3, 0.4) is 0 Å². The van der Waals surface area contributed by atoms with Crippen LogP contribution in [0.5, 0.6) is 0 Å². The zero-order valence-corrected chi connectivity index (χ0v) is 12.8. The number of pyridine rings is 1. The lowest BCUT2D eigenvalue weighted by molar-refractivity contribution is -0.141. The Balaban J connectivity index is 2.13. The summed E-state index contributed by atoms with van der Waals surface area (Å²) in [7, 11) is 0. The molecular formula is C16H16BrNO2. The second-order valence-corrected chi connectivity index (χ2v) is 5.86. The van der Waals surface area contributed by atoms with Crippen LogP contribution in [-0.4, -0.2) is 16.1 Å². The van der Waals surface area contributed by atoms with Gasteiger partial charge < -0.3 is 5.11 Å². The molecule has 0 radical (unpaired) electrons. The molecule has 20 heavy (non-hydrogen) atoms. The minimum atomic E-state index is -0.772. The second kappa shape index (κ2) is 6.66. The standard InChI is InChI=1S/C16H16BrNO2/c1-11-3-2-4-12(5-11)6-14(16(19)20)7-13-8-15(17)10-18-9-13/h2-5,8-10,14H,6-7H2,1H3,(H,19,20). The van der Waals surface area contributed by atoms with Crippen LogP contribution < -0.4 is 0 Å². The van der Waals surface area contributed by atoms with Crippen LogP contribution >= 0.6 is 15.9 Å². The highest BCUT2D eigenvalue weighted by molar-refractivity contribution is 9.10. The number of hydrogen-bond acceptors (Lipinski definition) is 2. The molecule has 0 aliphatic carbocycles. The monoisotopic (exact) mass is 333 g/mol. The van der Waals surface area contributed by atoms with Crippen LogP contribution in [0.4, 0.5) is 0 Å². The summed E-state index contributed by atoms with van der Waals surface area (Å²) < 4.78 is 0.870. The van der Waals surface area contributed by atoms with Crippen LogP contribution in [0.2, 0.25) is 0 Å². The van der Waals surface area contributed by atoms with Crippen molar-refractivity contribution in [1.82, 2.24) is 4.98 Å². The van der Waals surface area contributed by atoms with E-state index in [1.807, 2.05) is 37.3 Å². The summed E-state index contributed by atoms with van der Waals surface area (Å²) in [5.74, 6) is -1.21. The van der Waals surface area contributed by atoms with Gasteiger partial charge in [-0.2, -0.15) is 0 Å². The fourth-order valence-corrected chi connectivity index (χ4v) is 2.63. The zero-order valence-electron chi connectivity index (χ0n) is 11.2. The van der Waals surface area contributed by atoms with Gasteiger partial charge in [-0.3, -0.25) is 9.78 Å². The van der Waals surface area contributed by atoms with Crippen LogP contribution in [-0.2, 0) is 17.6 Å². The Bertz CT molecular complexity index is 565. The van der Waals surface area contributed by atoms with E-state index < -0.39 is 11.9 Å². The fraction of sp³-hybridized carbons (Fsp3) is 0.250. The van der Waals surface area contributed by atoms with Crippen molar-refractivity contribution in [1.29, 1.82) is 0 Å². The van der Waals surface area contributed by atoms with E-state index in [4.69, 9.17) is 0 Å². The third kappa shape index (κ3) is 4.17. The first-order chi connectivity index (χ1) is 9.54. The van der Waals surface area contributed by atoms with Crippen LogP contribution in [0, 0.1) is 12.8 Å². The summed E-state index contributed by atoms with van der Waals surface area (Å²) in [6.07, 6.45) is 4.43. The third-order valence-electron chi connectivity index (χ3n) is 3.16. The van der Waals surface area contributed by atoms with Crippen LogP contribution in [0.25, 0.3) is 0 Å². The number of carboxylic acid groups (broad SMARTS) is 1. The van der Waals surface area contributed by atoms with E-state index in [9.17, 15) is 9.90 Å². The van der Waals surface area contributed by atoms with Crippen LogP contribution in [0.15, 0.2) is 47.2 Å². The number of hydrogen-bond donors (Lipinski definition) is 1. The molecule has 104 valence electrons. The van der Waals surface area contributed by atoms with Crippen molar-refractivity contribution in [3.8, 4) is 0 Å². The fourth-order valence-electron chi connectivity index (χ4n) is 2.22. The quantitative estimate of drug-likeness (QED) is 0.908. The Kier molecular flexibility index (Phi) is 4.90. The molecule has 0 saturated heterocycles. The average Bonchev–Trinajstić information content (AvgIpc) is 2.38. The molecule has 1 heterocycles. The maximum Gasteiger partial charge on any atom is 0.307 e. The van der Waals surface area contributed by atoms with Gasteiger partial charge in [0.15, 0.2) is 0 Å². The molecule has 2 rings (SSSR count). The van der Waals surface area contributed by atoms with Gasteiger partial charge in [0.25, 0.3) is 0 Å². The van der Waals surface area contributed by atoms with E-state index in [1.165, 1.54) is 0 Å². The maximum absolute atomic E-state index is 11.4. The Labute approximate surface area is 126 Å². The number of halogens is 1. The molecule has 0 fully saturated rings. The third-order valence-corrected chi connectivity index (χ3v) is 3.59. The lowest BCUT2D eigenvalue weighted by Crippen LogP contribution is -2.19. The Morgan fingerprint density at radius 3 is 2.65 bits per heavy atom. The lowest BCUT2D eigenvalue weighted by atomic mass is 9.93. The number of aliphatic carboxylic acids is 1. The molecule has 1 aromatic heterocycles. The number of carboxylic acids is 1. The van der Waals surface area contributed by atoms with E-state index in [0.717, 1.165) is 21.2 Å². The normalized spacial score (nSPS) is 12.1. The first kappa shape index (κ1) is 14.7. The zero-order chi connectivity index (χ0) is 14.5. The summed E-state index contributed by atoms with van der Waals surface area (Å²) >= 11 is 3.36. The Morgan fingerprint density at radius 1 is 1.25 bits per heavy atom. The topological polar surface area (TPSA) is 50.2 Å². The number of rotatable bonds is 5. The number of aryl methyl sites for hydroxylation is 1. The molecule has 4 heteroatoms. The minimum absolute atomic E-state index is 0.437. The molecule has 1 atom stereocenters. The molecular weight excluding hydrogens is 318 g/mol. The molecule has 2 aromatic rings. The van der Waals surface area contributed by atoms with Crippen molar-refractivity contribution in [2.75, 3.05) is 0 Å². The van der Waals surface area contributed by atoms with Gasteiger partial charge in [0.05, 0.1) is 5.92 Å². The van der Waals surface area contributed by atoms with E-state index in [0.29, 0.717) is 12.8 Å². The summed E-state index contributed by atoms with van der Waals surface area (Å²) in [4.78, 5) is 15.5. The molecule has 0 spiro atoms. The van der Waals surface area contributed by atoms with E-state index in [2.05, 4.69) is 20.9 Å². The maximum atomic E-state index is 11.4. The molecule has 3 nitrogen and oxygen atoms in total. The number of carbonyl (C=O) groups is 1. The summed E-state index contributed by atoms with van der Waals surface area (Å²) in [5.41, 5.74) is 3.13. The highest BCUT2D eigenvalue weighted by Gasteiger charge is 2.19. The predicted molar refractivity (Wildman–Crippen MR) is 81.6 cm³/mol. The highest BCUT2D eigenvalue weighted by Crippen LogP contribution is 2.18. The largest absolute Gasteiger partial charge is 0.481 e. The Hall–Kier alpha value is -1.68. The van der Waals surface area contributed by atoms with Crippen molar-refractivity contribution in [2.24, 2.45) is 5.92 Å². The molecule has 0 bridgehead atoms. The van der Waals surface area contributed by atoms with Gasteiger partial charge in [0, 0.05) is 16.9 Å². The molecule has 0 aliphatic heterocycles. The van der Waals surface area contributed by atoms with Gasteiger partial charge in [-0.25, -0.2) is 0 Å². The van der Waals surface area contributed by atoms with Crippen molar-refractivity contribution >= 4 is 21.9 Å². The molecule has 1 N–H and O–H groups in total. The van der Waals surface area contributed by atoms with Gasteiger partial charge >= 0.3 is 5.97 Å². The van der Waals surface area contributed by atoms with Gasteiger partial charge in [0.1, 0.15) is 0 Å². The molecule has 1 aromatic carbocycles. The average molecular weight is 334 g/mol. The van der Waals surface area contributed by atoms with Crippen LogP contribution in [0.1, 0.15) is 16.7 Å². The van der Waals surface area contributed by atoms with Crippen molar-refractivity contribution in [3.63, 3.8) is 0 Å². The molecule has 1 unspecified atom stereocenters. The molecule has 0 amide bonds. The SMILES string of the molecule is Cc1cccc(CC(Cc2cncc(Br)c2)C(=O)O)c1. The Morgan fingerprint density at radius 2 is 2.00 bits per heavy atom. The highest BCUT2D eigenvalue weighted by atomic mass is 79.9. The number of benzene rings is 1. The second-order valence-electron chi connectivity index (χ2n) is 4.94. The smallest absolute Gasteiger partial charge is 0.307 e. The first-order valence-corrected chi connectivity index (χ1v) is 7.21. The van der Waals surface area contributed by atoms with Gasteiger partial charge in [-0.1, -0.05) is 29.8 Å². The van der Waals surface area contributed by atoms with E-state index in [-0.39, 0.29) is 0 Å². The summed E-state index contributed by atoms with van der Waals surface area (Å²) in [6, 6.07) is 9.90. The van der Waals surface area contributed by atoms with E-state index >= 15 is 0 Å². The lowest BCUT2D eigenvalue weighted by Gasteiger charge is -2.13. The first-order valence-electron chi connectivity index (χ1n) is 6.42. The number of nitrogens with zero attached hydrogens (tertiary/aromatic N) is 1. The summed E-state index contributed by atoms with van der Waals surface area (Å²) in [6.45, 7) is 2.01. The minimum Gasteiger partial charge on any atom is -0.481 e. The van der Waals surface area contributed by atoms with E-state index in [1.54, 1.807) is 12.4 Å². The van der Waals surface area contributed by atoms with Crippen molar-refractivity contribution in [2.45, 2.75) is 19.8 Å². The van der Waals surface area contributed by atoms with Crippen molar-refractivity contribution < 1.29 is 9.90 Å². The number of aromatic nitrogens is 1. The van der Waals surface area contributed by atoms with Gasteiger partial charge in [-0.15, -0.1) is 0 Å². The van der Waals surface area contributed by atoms with Gasteiger partial charge in [-0.05, 0) is 52.9 Å². The van der Waals surface area contributed by atoms with Gasteiger partial charge in [0.2, 0.25) is 0 Å². The summed E-state index contributed by atoms with van der Waals surface area (Å²) in [5, 5.41) is 9.40. The molecule has 0 aliphatic rings. The predicted octanol–water partition coefficient (Wildman–Crippen LogP) is 3.64.